The zero-order valence-electron chi connectivity index (χ0n) is 11.6. The molecule has 0 spiro atoms. The second-order valence-electron chi connectivity index (χ2n) is 5.47. The number of aryl methyl sites for hydroxylation is 1. The van der Waals surface area contributed by atoms with Crippen LogP contribution >= 0.6 is 11.6 Å². The third-order valence-electron chi connectivity index (χ3n) is 4.07. The second-order valence-corrected chi connectivity index (χ2v) is 5.81. The van der Waals surface area contributed by atoms with Crippen molar-refractivity contribution >= 4 is 23.1 Å². The average Bonchev–Trinajstić information content (AvgIpc) is 2.88. The summed E-state index contributed by atoms with van der Waals surface area (Å²) in [6.07, 6.45) is 2.70. The highest BCUT2D eigenvalue weighted by Crippen LogP contribution is 2.24. The van der Waals surface area contributed by atoms with Crippen molar-refractivity contribution < 1.29 is 4.74 Å². The molecule has 7 heteroatoms. The molecule has 0 amide bonds. The molecule has 2 aliphatic rings. The molecule has 0 aromatic carbocycles. The van der Waals surface area contributed by atoms with Crippen molar-refractivity contribution in [3.63, 3.8) is 0 Å². The average molecular weight is 298 g/mol. The summed E-state index contributed by atoms with van der Waals surface area (Å²) in [4.78, 5) is 10.7. The molecule has 2 fully saturated rings. The van der Waals surface area contributed by atoms with E-state index in [1.807, 2.05) is 6.92 Å². The molecule has 0 saturated carbocycles. The van der Waals surface area contributed by atoms with Crippen LogP contribution in [-0.2, 0) is 4.74 Å². The summed E-state index contributed by atoms with van der Waals surface area (Å²) in [6, 6.07) is 0.618. The number of ether oxygens (including phenoxy) is 1. The number of nitrogens with zero attached hydrogens (tertiary/aromatic N) is 3. The summed E-state index contributed by atoms with van der Waals surface area (Å²) in [7, 11) is 0. The first kappa shape index (κ1) is 13.9. The minimum Gasteiger partial charge on any atom is -0.394 e. The van der Waals surface area contributed by atoms with E-state index in [-0.39, 0.29) is 11.4 Å². The Labute approximate surface area is 123 Å². The van der Waals surface area contributed by atoms with E-state index in [1.165, 1.54) is 19.4 Å². The maximum atomic E-state index is 5.96. The van der Waals surface area contributed by atoms with Gasteiger partial charge in [0.15, 0.2) is 5.82 Å². The molecule has 2 saturated heterocycles. The van der Waals surface area contributed by atoms with Gasteiger partial charge in [0.25, 0.3) is 0 Å². The van der Waals surface area contributed by atoms with E-state index in [2.05, 4.69) is 20.2 Å². The smallest absolute Gasteiger partial charge is 0.224 e. The Morgan fingerprint density at radius 3 is 3.20 bits per heavy atom. The lowest BCUT2D eigenvalue weighted by Crippen LogP contribution is -2.48. The zero-order valence-corrected chi connectivity index (χ0v) is 12.4. The molecule has 0 aliphatic carbocycles. The fourth-order valence-corrected chi connectivity index (χ4v) is 3.11. The number of hydrogen-bond acceptors (Lipinski definition) is 6. The van der Waals surface area contributed by atoms with E-state index in [4.69, 9.17) is 22.1 Å². The highest BCUT2D eigenvalue weighted by molar-refractivity contribution is 6.28. The Morgan fingerprint density at radius 2 is 2.35 bits per heavy atom. The van der Waals surface area contributed by atoms with E-state index in [9.17, 15) is 0 Å². The van der Waals surface area contributed by atoms with Crippen molar-refractivity contribution in [1.82, 2.24) is 14.9 Å². The molecule has 1 aromatic heterocycles. The van der Waals surface area contributed by atoms with Crippen LogP contribution in [0.1, 0.15) is 18.5 Å². The zero-order chi connectivity index (χ0) is 14.1. The first-order valence-corrected chi connectivity index (χ1v) is 7.40. The monoisotopic (exact) mass is 297 g/mol. The number of nitrogens with one attached hydrogen (secondary N) is 1. The van der Waals surface area contributed by atoms with Crippen molar-refractivity contribution in [3.05, 3.63) is 11.0 Å². The van der Waals surface area contributed by atoms with Gasteiger partial charge in [-0.25, -0.2) is 4.98 Å². The van der Waals surface area contributed by atoms with Gasteiger partial charge in [0.05, 0.1) is 24.1 Å². The van der Waals surface area contributed by atoms with Crippen LogP contribution in [0.4, 0.5) is 11.5 Å². The van der Waals surface area contributed by atoms with Crippen LogP contribution in [0.3, 0.4) is 0 Å². The summed E-state index contributed by atoms with van der Waals surface area (Å²) in [5, 5.41) is 3.44. The van der Waals surface area contributed by atoms with Gasteiger partial charge < -0.3 is 15.8 Å². The second kappa shape index (κ2) is 5.71. The maximum absolute atomic E-state index is 5.96. The first-order valence-electron chi connectivity index (χ1n) is 7.02. The first-order chi connectivity index (χ1) is 9.63. The van der Waals surface area contributed by atoms with Gasteiger partial charge in [-0.2, -0.15) is 4.98 Å². The fraction of sp³-hybridized carbons (Fsp3) is 0.692. The standard InChI is InChI=1S/C13H20ClN5O/c1-8-11(15)12(18-13(14)17-8)16-5-10-6-19-4-2-3-9(19)7-20-10/h9-10H,2-7,15H2,1H3,(H,16,17,18). The Hall–Kier alpha value is -1.11. The Bertz CT molecular complexity index is 498. The lowest BCUT2D eigenvalue weighted by Gasteiger charge is -2.35. The van der Waals surface area contributed by atoms with Crippen LogP contribution < -0.4 is 11.1 Å². The summed E-state index contributed by atoms with van der Waals surface area (Å²) < 4.78 is 5.89. The number of fused-ring (bicyclic) bond motifs is 1. The molecule has 1 aromatic rings. The molecular weight excluding hydrogens is 278 g/mol. The molecular formula is C13H20ClN5O. The minimum atomic E-state index is 0.165. The quantitative estimate of drug-likeness (QED) is 0.819. The molecule has 3 heterocycles. The van der Waals surface area contributed by atoms with Crippen molar-refractivity contribution in [1.29, 1.82) is 0 Å². The van der Waals surface area contributed by atoms with Gasteiger partial charge in [0.2, 0.25) is 5.28 Å². The number of morpholine rings is 1. The van der Waals surface area contributed by atoms with Crippen LogP contribution in [0, 0.1) is 6.92 Å². The maximum Gasteiger partial charge on any atom is 0.224 e. The van der Waals surface area contributed by atoms with Crippen LogP contribution in [0.25, 0.3) is 0 Å². The number of halogens is 1. The summed E-state index contributed by atoms with van der Waals surface area (Å²) in [6.45, 7) is 5.48. The van der Waals surface area contributed by atoms with Gasteiger partial charge >= 0.3 is 0 Å². The van der Waals surface area contributed by atoms with E-state index < -0.39 is 0 Å². The van der Waals surface area contributed by atoms with Crippen molar-refractivity contribution in [2.24, 2.45) is 0 Å². The lowest BCUT2D eigenvalue weighted by atomic mass is 10.2. The molecule has 2 aliphatic heterocycles. The summed E-state index contributed by atoms with van der Waals surface area (Å²) in [5.41, 5.74) is 7.19. The molecule has 6 nitrogen and oxygen atoms in total. The number of aromatic nitrogens is 2. The predicted octanol–water partition coefficient (Wildman–Crippen LogP) is 1.30. The number of nitrogens with two attached hydrogens (primary N) is 1. The minimum absolute atomic E-state index is 0.165. The summed E-state index contributed by atoms with van der Waals surface area (Å²) >= 11 is 5.86. The normalized spacial score (nSPS) is 26.5. The largest absolute Gasteiger partial charge is 0.394 e. The van der Waals surface area contributed by atoms with Crippen molar-refractivity contribution in [3.8, 4) is 0 Å². The van der Waals surface area contributed by atoms with Gasteiger partial charge in [0, 0.05) is 19.1 Å². The number of nitrogen functional groups attached to an aromatic ring is 1. The number of rotatable bonds is 3. The molecule has 20 heavy (non-hydrogen) atoms. The molecule has 0 radical (unpaired) electrons. The predicted molar refractivity (Wildman–Crippen MR) is 79.0 cm³/mol. The highest BCUT2D eigenvalue weighted by Gasteiger charge is 2.32. The lowest BCUT2D eigenvalue weighted by molar-refractivity contribution is -0.0415. The third kappa shape index (κ3) is 2.82. The van der Waals surface area contributed by atoms with Gasteiger partial charge in [-0.05, 0) is 37.9 Å². The molecule has 0 bridgehead atoms. The molecule has 110 valence electrons. The van der Waals surface area contributed by atoms with Crippen molar-refractivity contribution in [2.45, 2.75) is 31.9 Å². The highest BCUT2D eigenvalue weighted by atomic mass is 35.5. The van der Waals surface area contributed by atoms with E-state index >= 15 is 0 Å². The Kier molecular flexibility index (Phi) is 3.96. The molecule has 2 unspecified atom stereocenters. The van der Waals surface area contributed by atoms with E-state index in [1.54, 1.807) is 0 Å². The van der Waals surface area contributed by atoms with Crippen molar-refractivity contribution in [2.75, 3.05) is 37.3 Å². The van der Waals surface area contributed by atoms with Crippen LogP contribution in [0.2, 0.25) is 5.28 Å². The summed E-state index contributed by atoms with van der Waals surface area (Å²) in [5.74, 6) is 0.592. The topological polar surface area (TPSA) is 76.3 Å². The van der Waals surface area contributed by atoms with Gasteiger partial charge in [-0.1, -0.05) is 0 Å². The molecule has 2 atom stereocenters. The Morgan fingerprint density at radius 1 is 1.50 bits per heavy atom. The molecule has 3 rings (SSSR count). The van der Waals surface area contributed by atoms with Crippen LogP contribution in [0.5, 0.6) is 0 Å². The number of hydrogen-bond donors (Lipinski definition) is 2. The number of anilines is 2. The third-order valence-corrected chi connectivity index (χ3v) is 4.24. The fourth-order valence-electron chi connectivity index (χ4n) is 2.90. The SMILES string of the molecule is Cc1nc(Cl)nc(NCC2CN3CCCC3CO2)c1N. The van der Waals surface area contributed by atoms with Crippen LogP contribution in [-0.4, -0.2) is 53.3 Å². The van der Waals surface area contributed by atoms with Gasteiger partial charge in [-0.15, -0.1) is 0 Å². The van der Waals surface area contributed by atoms with Gasteiger partial charge in [-0.3, -0.25) is 4.90 Å². The van der Waals surface area contributed by atoms with E-state index in [0.717, 1.165) is 13.2 Å². The van der Waals surface area contributed by atoms with Gasteiger partial charge in [0.1, 0.15) is 0 Å². The van der Waals surface area contributed by atoms with Crippen LogP contribution in [0.15, 0.2) is 0 Å². The molecule has 3 N–H and O–H groups in total. The Balaban J connectivity index is 1.60. The van der Waals surface area contributed by atoms with E-state index in [0.29, 0.717) is 29.8 Å².